The lowest BCUT2D eigenvalue weighted by atomic mass is 10.2. The molecule has 0 saturated heterocycles. The number of amides is 1. The number of allylic oxidation sites excluding steroid dienone is 1. The minimum atomic E-state index is -0.548. The van der Waals surface area contributed by atoms with Crippen molar-refractivity contribution >= 4 is 29.8 Å². The Balaban J connectivity index is 1.93. The molecular formula is C14H11ClN2O3. The van der Waals surface area contributed by atoms with Gasteiger partial charge in [-0.25, -0.2) is 5.43 Å². The van der Waals surface area contributed by atoms with Crippen molar-refractivity contribution in [3.8, 4) is 5.75 Å². The van der Waals surface area contributed by atoms with E-state index in [1.807, 2.05) is 0 Å². The summed E-state index contributed by atoms with van der Waals surface area (Å²) >= 11 is 5.75. The van der Waals surface area contributed by atoms with Crippen LogP contribution in [0.15, 0.2) is 52.2 Å². The fourth-order valence-corrected chi connectivity index (χ4v) is 1.59. The second kappa shape index (κ2) is 6.58. The third-order valence-corrected chi connectivity index (χ3v) is 2.57. The molecule has 102 valence electrons. The fraction of sp³-hybridized carbons (Fsp3) is 0. The molecule has 20 heavy (non-hydrogen) atoms. The number of phenolic OH excluding ortho intramolecular Hbond substituents is 1. The normalized spacial score (nSPS) is 11.2. The molecule has 0 atom stereocenters. The largest absolute Gasteiger partial charge is 0.507 e. The molecule has 0 saturated carbocycles. The molecule has 0 unspecified atom stereocenters. The van der Waals surface area contributed by atoms with Crippen LogP contribution in [0.25, 0.3) is 6.08 Å². The van der Waals surface area contributed by atoms with Gasteiger partial charge in [-0.2, -0.15) is 5.10 Å². The van der Waals surface area contributed by atoms with Crippen molar-refractivity contribution in [2.24, 2.45) is 5.10 Å². The van der Waals surface area contributed by atoms with E-state index < -0.39 is 5.91 Å². The Morgan fingerprint density at radius 1 is 1.40 bits per heavy atom. The highest BCUT2D eigenvalue weighted by Crippen LogP contribution is 2.21. The number of carbonyl (C=O) groups excluding carboxylic acids is 1. The summed E-state index contributed by atoms with van der Waals surface area (Å²) < 4.78 is 5.08. The maximum absolute atomic E-state index is 11.7. The van der Waals surface area contributed by atoms with Crippen molar-refractivity contribution in [2.75, 3.05) is 0 Å². The summed E-state index contributed by atoms with van der Waals surface area (Å²) in [5.41, 5.74) is 2.34. The minimum absolute atomic E-state index is 0.0599. The number of hydrogen-bond acceptors (Lipinski definition) is 4. The summed E-state index contributed by atoms with van der Waals surface area (Å²) in [4.78, 5) is 11.7. The molecule has 0 radical (unpaired) electrons. The van der Waals surface area contributed by atoms with Gasteiger partial charge in [0, 0.05) is 11.2 Å². The fourth-order valence-electron chi connectivity index (χ4n) is 1.41. The number of nitrogens with zero attached hydrogens (tertiary/aromatic N) is 1. The monoisotopic (exact) mass is 290 g/mol. The molecule has 1 heterocycles. The number of benzene rings is 1. The van der Waals surface area contributed by atoms with E-state index in [0.29, 0.717) is 10.8 Å². The summed E-state index contributed by atoms with van der Waals surface area (Å²) in [6.07, 6.45) is 6.24. The summed E-state index contributed by atoms with van der Waals surface area (Å²) in [7, 11) is 0. The van der Waals surface area contributed by atoms with E-state index in [-0.39, 0.29) is 11.3 Å². The number of hydrogen-bond donors (Lipinski definition) is 2. The molecule has 2 rings (SSSR count). The Bertz CT molecular complexity index is 648. The van der Waals surface area contributed by atoms with Crippen molar-refractivity contribution in [1.29, 1.82) is 0 Å². The molecule has 1 aromatic carbocycles. The van der Waals surface area contributed by atoms with Crippen molar-refractivity contribution in [1.82, 2.24) is 5.43 Å². The van der Waals surface area contributed by atoms with Gasteiger partial charge in [0.05, 0.1) is 11.8 Å². The zero-order valence-corrected chi connectivity index (χ0v) is 11.0. The predicted octanol–water partition coefficient (Wildman–Crippen LogP) is 3.07. The van der Waals surface area contributed by atoms with Crippen LogP contribution in [0.1, 0.15) is 16.1 Å². The topological polar surface area (TPSA) is 74.8 Å². The van der Waals surface area contributed by atoms with Gasteiger partial charge < -0.3 is 9.52 Å². The van der Waals surface area contributed by atoms with Gasteiger partial charge in [-0.3, -0.25) is 4.79 Å². The third kappa shape index (κ3) is 3.73. The second-order valence-corrected chi connectivity index (χ2v) is 4.19. The van der Waals surface area contributed by atoms with Gasteiger partial charge in [-0.05, 0) is 42.5 Å². The molecule has 1 aromatic heterocycles. The van der Waals surface area contributed by atoms with Crippen molar-refractivity contribution in [2.45, 2.75) is 0 Å². The van der Waals surface area contributed by atoms with E-state index in [2.05, 4.69) is 10.5 Å². The maximum atomic E-state index is 11.7. The van der Waals surface area contributed by atoms with E-state index >= 15 is 0 Å². The van der Waals surface area contributed by atoms with Crippen LogP contribution >= 0.6 is 11.6 Å². The van der Waals surface area contributed by atoms with Gasteiger partial charge in [0.25, 0.3) is 5.91 Å². The molecule has 0 aliphatic heterocycles. The first kappa shape index (κ1) is 13.9. The number of hydrazone groups is 1. The van der Waals surface area contributed by atoms with E-state index in [0.717, 1.165) is 0 Å². The number of halogens is 1. The Labute approximate surface area is 120 Å². The summed E-state index contributed by atoms with van der Waals surface area (Å²) in [5, 5.41) is 13.6. The molecule has 5 nitrogen and oxygen atoms in total. The van der Waals surface area contributed by atoms with Crippen LogP contribution in [0.3, 0.4) is 0 Å². The highest BCUT2D eigenvalue weighted by molar-refractivity contribution is 6.31. The lowest BCUT2D eigenvalue weighted by Crippen LogP contribution is -2.17. The Morgan fingerprint density at radius 2 is 2.25 bits per heavy atom. The SMILES string of the molecule is O=C(NN=CC=Cc1ccco1)c1cc(Cl)ccc1O. The van der Waals surface area contributed by atoms with Crippen molar-refractivity contribution < 1.29 is 14.3 Å². The van der Waals surface area contributed by atoms with Gasteiger partial charge >= 0.3 is 0 Å². The highest BCUT2D eigenvalue weighted by Gasteiger charge is 2.10. The molecule has 2 N–H and O–H groups in total. The number of phenols is 1. The zero-order chi connectivity index (χ0) is 14.4. The molecule has 0 aliphatic rings. The second-order valence-electron chi connectivity index (χ2n) is 3.76. The number of aromatic hydroxyl groups is 1. The number of furan rings is 1. The van der Waals surface area contributed by atoms with Gasteiger partial charge in [0.15, 0.2) is 0 Å². The Kier molecular flexibility index (Phi) is 4.57. The van der Waals surface area contributed by atoms with Crippen molar-refractivity contribution in [3.05, 3.63) is 59.0 Å². The van der Waals surface area contributed by atoms with Gasteiger partial charge in [0.2, 0.25) is 0 Å². The summed E-state index contributed by atoms with van der Waals surface area (Å²) in [6.45, 7) is 0. The molecular weight excluding hydrogens is 280 g/mol. The first-order valence-electron chi connectivity index (χ1n) is 5.69. The van der Waals surface area contributed by atoms with E-state index in [4.69, 9.17) is 16.0 Å². The molecule has 2 aromatic rings. The van der Waals surface area contributed by atoms with Gasteiger partial charge in [0.1, 0.15) is 11.5 Å². The van der Waals surface area contributed by atoms with E-state index in [9.17, 15) is 9.90 Å². The van der Waals surface area contributed by atoms with Crippen molar-refractivity contribution in [3.63, 3.8) is 0 Å². The molecule has 0 spiro atoms. The number of nitrogens with one attached hydrogen (secondary N) is 1. The average Bonchev–Trinajstić information content (AvgIpc) is 2.94. The van der Waals surface area contributed by atoms with Crippen LogP contribution in [0, 0.1) is 0 Å². The first-order chi connectivity index (χ1) is 9.66. The van der Waals surface area contributed by atoms with Crippen LogP contribution in [-0.2, 0) is 0 Å². The minimum Gasteiger partial charge on any atom is -0.507 e. The molecule has 0 fully saturated rings. The standard InChI is InChI=1S/C14H11ClN2O3/c15-10-5-6-13(18)12(9-10)14(19)17-16-7-1-3-11-4-2-8-20-11/h1-9,18H,(H,17,19). The van der Waals surface area contributed by atoms with Gasteiger partial charge in [-0.15, -0.1) is 0 Å². The number of rotatable bonds is 4. The molecule has 6 heteroatoms. The van der Waals surface area contributed by atoms with Crippen LogP contribution in [-0.4, -0.2) is 17.2 Å². The van der Waals surface area contributed by atoms with Crippen LogP contribution in [0.4, 0.5) is 0 Å². The number of carbonyl (C=O) groups is 1. The lowest BCUT2D eigenvalue weighted by molar-refractivity contribution is 0.0952. The Hall–Kier alpha value is -2.53. The summed E-state index contributed by atoms with van der Waals surface area (Å²) in [6, 6.07) is 7.74. The smallest absolute Gasteiger partial charge is 0.275 e. The molecule has 0 bridgehead atoms. The maximum Gasteiger partial charge on any atom is 0.275 e. The van der Waals surface area contributed by atoms with Gasteiger partial charge in [-0.1, -0.05) is 11.6 Å². The predicted molar refractivity (Wildman–Crippen MR) is 76.8 cm³/mol. The quantitative estimate of drug-likeness (QED) is 0.671. The van der Waals surface area contributed by atoms with E-state index in [1.165, 1.54) is 24.4 Å². The summed E-state index contributed by atoms with van der Waals surface area (Å²) in [5.74, 6) is -0.0314. The van der Waals surface area contributed by atoms with Crippen LogP contribution in [0.2, 0.25) is 5.02 Å². The van der Waals surface area contributed by atoms with Crippen LogP contribution in [0.5, 0.6) is 5.75 Å². The Morgan fingerprint density at radius 3 is 3.00 bits per heavy atom. The molecule has 1 amide bonds. The first-order valence-corrected chi connectivity index (χ1v) is 6.07. The highest BCUT2D eigenvalue weighted by atomic mass is 35.5. The van der Waals surface area contributed by atoms with E-state index in [1.54, 1.807) is 30.5 Å². The lowest BCUT2D eigenvalue weighted by Gasteiger charge is -2.02. The molecule has 0 aliphatic carbocycles. The zero-order valence-electron chi connectivity index (χ0n) is 10.3. The third-order valence-electron chi connectivity index (χ3n) is 2.33. The average molecular weight is 291 g/mol. The van der Waals surface area contributed by atoms with Crippen LogP contribution < -0.4 is 5.43 Å².